The maximum absolute atomic E-state index is 12.5. The van der Waals surface area contributed by atoms with E-state index in [0.717, 1.165) is 25.2 Å². The number of likely N-dealkylation sites (N-methyl/N-ethyl adjacent to an activating group) is 1. The minimum Gasteiger partial charge on any atom is -0.484 e. The average Bonchev–Trinajstić information content (AvgIpc) is 2.87. The average molecular weight is 305 g/mol. The molecule has 2 aliphatic rings. The van der Waals surface area contributed by atoms with E-state index >= 15 is 0 Å². The summed E-state index contributed by atoms with van der Waals surface area (Å²) < 4.78 is 12.0. The summed E-state index contributed by atoms with van der Waals surface area (Å²) in [6, 6.07) is 3.86. The van der Waals surface area contributed by atoms with Crippen LogP contribution in [0.2, 0.25) is 0 Å². The Morgan fingerprint density at radius 3 is 3.14 bits per heavy atom. The topological polar surface area (TPSA) is 54.9 Å². The number of carbonyl (C=O) groups excluding carboxylic acids is 1. The van der Waals surface area contributed by atoms with Gasteiger partial charge in [-0.1, -0.05) is 0 Å². The summed E-state index contributed by atoms with van der Waals surface area (Å²) in [7, 11) is 3.82. The van der Waals surface area contributed by atoms with E-state index in [1.165, 1.54) is 0 Å². The second-order valence-corrected chi connectivity index (χ2v) is 6.17. The van der Waals surface area contributed by atoms with Gasteiger partial charge in [-0.25, -0.2) is 0 Å². The second kappa shape index (κ2) is 6.62. The first kappa shape index (κ1) is 15.2. The molecular weight excluding hydrogens is 282 g/mol. The molecule has 1 aromatic rings. The zero-order valence-electron chi connectivity index (χ0n) is 13.1. The van der Waals surface area contributed by atoms with Gasteiger partial charge in [-0.15, -0.1) is 0 Å². The fourth-order valence-electron chi connectivity index (χ4n) is 3.25. The van der Waals surface area contributed by atoms with Gasteiger partial charge < -0.3 is 19.3 Å². The number of hydrogen-bond acceptors (Lipinski definition) is 5. The first-order valence-electron chi connectivity index (χ1n) is 7.77. The van der Waals surface area contributed by atoms with Crippen LogP contribution in [-0.2, 0) is 9.53 Å². The quantitative estimate of drug-likeness (QED) is 0.823. The van der Waals surface area contributed by atoms with Crippen LogP contribution in [-0.4, -0.2) is 72.7 Å². The maximum atomic E-state index is 12.5. The normalized spacial score (nSPS) is 27.8. The van der Waals surface area contributed by atoms with Gasteiger partial charge in [-0.05, 0) is 39.1 Å². The summed E-state index contributed by atoms with van der Waals surface area (Å²) in [6.45, 7) is 1.74. The monoisotopic (exact) mass is 305 g/mol. The molecule has 0 saturated carbocycles. The van der Waals surface area contributed by atoms with Gasteiger partial charge in [0.2, 0.25) is 5.91 Å². The minimum absolute atomic E-state index is 0.0416. The molecule has 3 atom stereocenters. The molecule has 0 aromatic carbocycles. The van der Waals surface area contributed by atoms with E-state index in [2.05, 4.69) is 4.98 Å². The van der Waals surface area contributed by atoms with Gasteiger partial charge in [0.15, 0.2) is 0 Å². The van der Waals surface area contributed by atoms with Crippen molar-refractivity contribution in [1.82, 2.24) is 14.8 Å². The number of carbonyl (C=O) groups is 1. The molecule has 2 fully saturated rings. The summed E-state index contributed by atoms with van der Waals surface area (Å²) in [5, 5.41) is 0. The molecule has 0 radical (unpaired) electrons. The van der Waals surface area contributed by atoms with Gasteiger partial charge in [-0.2, -0.15) is 0 Å². The Bertz CT molecular complexity index is 509. The summed E-state index contributed by atoms with van der Waals surface area (Å²) in [6.07, 6.45) is 5.22. The molecule has 2 saturated heterocycles. The highest BCUT2D eigenvalue weighted by atomic mass is 16.5. The van der Waals surface area contributed by atoms with Crippen molar-refractivity contribution in [3.8, 4) is 5.75 Å². The first-order chi connectivity index (χ1) is 10.6. The Morgan fingerprint density at radius 2 is 2.41 bits per heavy atom. The highest BCUT2D eigenvalue weighted by molar-refractivity contribution is 5.79. The number of hydrogen-bond donors (Lipinski definition) is 0. The lowest BCUT2D eigenvalue weighted by Crippen LogP contribution is -2.46. The number of amides is 1. The third kappa shape index (κ3) is 3.23. The van der Waals surface area contributed by atoms with Gasteiger partial charge in [0.05, 0.1) is 25.3 Å². The largest absolute Gasteiger partial charge is 0.484 e. The lowest BCUT2D eigenvalue weighted by molar-refractivity contribution is -0.135. The SMILES string of the molecule is CN(C)CC(=O)N1C[C@@H](Oc2cccnc2)[C@H]2OCCC[C@H]21. The lowest BCUT2D eigenvalue weighted by atomic mass is 10.0. The molecule has 0 N–H and O–H groups in total. The van der Waals surface area contributed by atoms with Crippen molar-refractivity contribution in [2.75, 3.05) is 33.8 Å². The fraction of sp³-hybridized carbons (Fsp3) is 0.625. The Balaban J connectivity index is 1.73. The van der Waals surface area contributed by atoms with Crippen molar-refractivity contribution in [3.05, 3.63) is 24.5 Å². The van der Waals surface area contributed by atoms with Crippen LogP contribution in [0.1, 0.15) is 12.8 Å². The molecule has 6 nitrogen and oxygen atoms in total. The summed E-state index contributed by atoms with van der Waals surface area (Å²) in [5.41, 5.74) is 0. The van der Waals surface area contributed by atoms with Crippen LogP contribution in [0.5, 0.6) is 5.75 Å². The number of nitrogens with zero attached hydrogens (tertiary/aromatic N) is 3. The van der Waals surface area contributed by atoms with E-state index in [9.17, 15) is 4.79 Å². The van der Waals surface area contributed by atoms with E-state index in [0.29, 0.717) is 13.1 Å². The van der Waals surface area contributed by atoms with Crippen LogP contribution in [0.3, 0.4) is 0 Å². The van der Waals surface area contributed by atoms with Crippen molar-refractivity contribution in [3.63, 3.8) is 0 Å². The van der Waals surface area contributed by atoms with Crippen LogP contribution < -0.4 is 4.74 Å². The molecule has 1 aromatic heterocycles. The van der Waals surface area contributed by atoms with E-state index in [-0.39, 0.29) is 24.2 Å². The van der Waals surface area contributed by atoms with Crippen LogP contribution >= 0.6 is 0 Å². The molecule has 0 aliphatic carbocycles. The molecule has 0 bridgehead atoms. The van der Waals surface area contributed by atoms with Gasteiger partial charge in [0.1, 0.15) is 18.0 Å². The number of likely N-dealkylation sites (tertiary alicyclic amines) is 1. The third-order valence-electron chi connectivity index (χ3n) is 4.17. The second-order valence-electron chi connectivity index (χ2n) is 6.17. The van der Waals surface area contributed by atoms with Crippen molar-refractivity contribution >= 4 is 5.91 Å². The number of rotatable bonds is 4. The molecule has 0 spiro atoms. The Morgan fingerprint density at radius 1 is 1.55 bits per heavy atom. The molecule has 6 heteroatoms. The zero-order valence-corrected chi connectivity index (χ0v) is 13.1. The molecule has 0 unspecified atom stereocenters. The highest BCUT2D eigenvalue weighted by Gasteiger charge is 2.47. The van der Waals surface area contributed by atoms with E-state index < -0.39 is 0 Å². The molecule has 120 valence electrons. The summed E-state index contributed by atoms with van der Waals surface area (Å²) in [5.74, 6) is 0.866. The number of ether oxygens (including phenoxy) is 2. The Kier molecular flexibility index (Phi) is 4.59. The number of fused-ring (bicyclic) bond motifs is 1. The van der Waals surface area contributed by atoms with Gasteiger partial charge >= 0.3 is 0 Å². The molecule has 3 rings (SSSR count). The van der Waals surface area contributed by atoms with Gasteiger partial charge in [-0.3, -0.25) is 9.78 Å². The molecular formula is C16H23N3O3. The number of pyridine rings is 1. The van der Waals surface area contributed by atoms with Gasteiger partial charge in [0.25, 0.3) is 0 Å². The highest BCUT2D eigenvalue weighted by Crippen LogP contribution is 2.31. The van der Waals surface area contributed by atoms with Crippen LogP contribution in [0, 0.1) is 0 Å². The van der Waals surface area contributed by atoms with Crippen molar-refractivity contribution in [2.45, 2.75) is 31.1 Å². The van der Waals surface area contributed by atoms with E-state index in [1.807, 2.05) is 36.0 Å². The van der Waals surface area contributed by atoms with E-state index in [4.69, 9.17) is 9.47 Å². The van der Waals surface area contributed by atoms with Crippen LogP contribution in [0.4, 0.5) is 0 Å². The number of aromatic nitrogens is 1. The summed E-state index contributed by atoms with van der Waals surface area (Å²) in [4.78, 5) is 20.4. The Hall–Kier alpha value is -1.66. The van der Waals surface area contributed by atoms with Crippen molar-refractivity contribution < 1.29 is 14.3 Å². The lowest BCUT2D eigenvalue weighted by Gasteiger charge is -2.32. The van der Waals surface area contributed by atoms with Crippen LogP contribution in [0.25, 0.3) is 0 Å². The predicted molar refractivity (Wildman–Crippen MR) is 81.7 cm³/mol. The third-order valence-corrected chi connectivity index (χ3v) is 4.17. The predicted octanol–water partition coefficient (Wildman–Crippen LogP) is 0.780. The Labute approximate surface area is 131 Å². The minimum atomic E-state index is -0.124. The maximum Gasteiger partial charge on any atom is 0.237 e. The van der Waals surface area contributed by atoms with Crippen molar-refractivity contribution in [2.24, 2.45) is 0 Å². The van der Waals surface area contributed by atoms with Crippen molar-refractivity contribution in [1.29, 1.82) is 0 Å². The summed E-state index contributed by atoms with van der Waals surface area (Å²) >= 11 is 0. The zero-order chi connectivity index (χ0) is 15.5. The fourth-order valence-corrected chi connectivity index (χ4v) is 3.25. The molecule has 2 aliphatic heterocycles. The molecule has 3 heterocycles. The molecule has 22 heavy (non-hydrogen) atoms. The van der Waals surface area contributed by atoms with E-state index in [1.54, 1.807) is 12.4 Å². The van der Waals surface area contributed by atoms with Crippen LogP contribution in [0.15, 0.2) is 24.5 Å². The molecule has 1 amide bonds. The standard InChI is InChI=1S/C16H23N3O3/c1-18(2)11-15(20)19-10-14(16-13(19)6-4-8-21-16)22-12-5-3-7-17-9-12/h3,5,7,9,13-14,16H,4,6,8,10-11H2,1-2H3/t13-,14-,16+/m1/s1. The van der Waals surface area contributed by atoms with Gasteiger partial charge in [0, 0.05) is 12.8 Å². The first-order valence-corrected chi connectivity index (χ1v) is 7.77. The smallest absolute Gasteiger partial charge is 0.237 e.